The second-order valence-corrected chi connectivity index (χ2v) is 11.0. The summed E-state index contributed by atoms with van der Waals surface area (Å²) < 4.78 is 38.3. The number of fused-ring (bicyclic) bond motifs is 1. The third kappa shape index (κ3) is 6.41. The van der Waals surface area contributed by atoms with Gasteiger partial charge in [0.05, 0.1) is 39.0 Å². The fourth-order valence-corrected chi connectivity index (χ4v) is 5.72. The van der Waals surface area contributed by atoms with Crippen molar-refractivity contribution >= 4 is 60.5 Å². The SMILES string of the molecule is FC(F)(F)c1ccc(NNc2ccc(NNc3ccc(NNc4ccc(N5CCCC5)s4)c4ccccc34)cc2)cc1. The molecule has 1 aliphatic rings. The van der Waals surface area contributed by atoms with E-state index in [0.29, 0.717) is 5.69 Å². The maximum Gasteiger partial charge on any atom is 0.416 e. The lowest BCUT2D eigenvalue weighted by atomic mass is 10.1. The number of alkyl halides is 3. The largest absolute Gasteiger partial charge is 0.416 e. The highest BCUT2D eigenvalue weighted by atomic mass is 32.1. The van der Waals surface area contributed by atoms with Crippen LogP contribution in [0, 0.1) is 0 Å². The van der Waals surface area contributed by atoms with E-state index < -0.39 is 11.7 Å². The molecule has 11 heteroatoms. The molecule has 0 radical (unpaired) electrons. The fraction of sp³-hybridized carbons (Fsp3) is 0.161. The Kier molecular flexibility index (Phi) is 7.83. The van der Waals surface area contributed by atoms with Crippen LogP contribution < -0.4 is 37.5 Å². The molecule has 1 aliphatic heterocycles. The van der Waals surface area contributed by atoms with Gasteiger partial charge in [-0.1, -0.05) is 35.6 Å². The summed E-state index contributed by atoms with van der Waals surface area (Å²) in [4.78, 5) is 2.43. The zero-order valence-corrected chi connectivity index (χ0v) is 23.4. The first-order chi connectivity index (χ1) is 20.4. The van der Waals surface area contributed by atoms with Gasteiger partial charge in [-0.05, 0) is 85.6 Å². The van der Waals surface area contributed by atoms with Gasteiger partial charge in [0.15, 0.2) is 0 Å². The molecule has 4 aromatic carbocycles. The van der Waals surface area contributed by atoms with Crippen LogP contribution in [-0.2, 0) is 6.18 Å². The first-order valence-electron chi connectivity index (χ1n) is 13.6. The Morgan fingerprint density at radius 2 is 1.05 bits per heavy atom. The summed E-state index contributed by atoms with van der Waals surface area (Å²) in [6.07, 6.45) is -1.84. The van der Waals surface area contributed by atoms with Gasteiger partial charge in [-0.3, -0.25) is 10.9 Å². The van der Waals surface area contributed by atoms with Crippen LogP contribution in [0.5, 0.6) is 0 Å². The first kappa shape index (κ1) is 27.4. The second-order valence-electron chi connectivity index (χ2n) is 9.94. The Balaban J connectivity index is 1.05. The number of halogens is 3. The van der Waals surface area contributed by atoms with Gasteiger partial charge < -0.3 is 26.6 Å². The molecule has 6 N–H and O–H groups in total. The zero-order chi connectivity index (χ0) is 28.9. The van der Waals surface area contributed by atoms with Crippen LogP contribution in [-0.4, -0.2) is 13.1 Å². The number of nitrogens with zero attached hydrogens (tertiary/aromatic N) is 1. The van der Waals surface area contributed by atoms with Gasteiger partial charge in [0.1, 0.15) is 5.00 Å². The highest BCUT2D eigenvalue weighted by Gasteiger charge is 2.29. The summed E-state index contributed by atoms with van der Waals surface area (Å²) in [5.41, 5.74) is 22.5. The number of anilines is 7. The quantitative estimate of drug-likeness (QED) is 0.0909. The summed E-state index contributed by atoms with van der Waals surface area (Å²) in [6, 6.07) is 28.9. The smallest absolute Gasteiger partial charge is 0.363 e. The second kappa shape index (κ2) is 12.0. The number of thiophene rings is 1. The summed E-state index contributed by atoms with van der Waals surface area (Å²) in [5, 5.41) is 4.49. The molecule has 6 rings (SSSR count). The number of hydrazine groups is 3. The topological polar surface area (TPSA) is 75.4 Å². The van der Waals surface area contributed by atoms with Gasteiger partial charge >= 0.3 is 6.18 Å². The summed E-state index contributed by atoms with van der Waals surface area (Å²) in [7, 11) is 0. The highest BCUT2D eigenvalue weighted by molar-refractivity contribution is 7.20. The van der Waals surface area contributed by atoms with E-state index in [-0.39, 0.29) is 0 Å². The third-order valence-corrected chi connectivity index (χ3v) is 8.11. The molecule has 1 aromatic heterocycles. The molecule has 0 aliphatic carbocycles. The molecule has 0 saturated carbocycles. The van der Waals surface area contributed by atoms with E-state index in [4.69, 9.17) is 0 Å². The van der Waals surface area contributed by atoms with Gasteiger partial charge in [-0.25, -0.2) is 0 Å². The zero-order valence-electron chi connectivity index (χ0n) is 22.6. The summed E-state index contributed by atoms with van der Waals surface area (Å²) in [5.74, 6) is 0. The van der Waals surface area contributed by atoms with Crippen LogP contribution >= 0.6 is 11.3 Å². The molecule has 0 unspecified atom stereocenters. The van der Waals surface area contributed by atoms with Crippen molar-refractivity contribution in [3.8, 4) is 0 Å². The average Bonchev–Trinajstić information content (AvgIpc) is 3.71. The van der Waals surface area contributed by atoms with Crippen molar-refractivity contribution in [3.05, 3.63) is 103 Å². The standard InChI is InChI=1S/C31H30F3N7S/c32-31(33,34)21-7-9-22(10-8-21)35-36-23-11-13-24(14-12-23)37-38-27-15-16-28(26-6-2-1-5-25(26)27)39-40-29-17-18-30(42-29)41-19-3-4-20-41/h1-2,5-18,35-40H,3-4,19-20H2. The molecular weight excluding hydrogens is 559 g/mol. The fourth-order valence-electron chi connectivity index (χ4n) is 4.81. The van der Waals surface area contributed by atoms with Crippen molar-refractivity contribution in [2.24, 2.45) is 0 Å². The monoisotopic (exact) mass is 589 g/mol. The van der Waals surface area contributed by atoms with E-state index in [1.54, 1.807) is 11.3 Å². The van der Waals surface area contributed by atoms with Gasteiger partial charge in [0.25, 0.3) is 0 Å². The van der Waals surface area contributed by atoms with E-state index in [1.807, 2.05) is 48.5 Å². The van der Waals surface area contributed by atoms with Crippen LogP contribution in [0.1, 0.15) is 18.4 Å². The van der Waals surface area contributed by atoms with Crippen molar-refractivity contribution in [3.63, 3.8) is 0 Å². The van der Waals surface area contributed by atoms with Gasteiger partial charge in [-0.2, -0.15) is 13.2 Å². The predicted octanol–water partition coefficient (Wildman–Crippen LogP) is 8.84. The average molecular weight is 590 g/mol. The van der Waals surface area contributed by atoms with Crippen molar-refractivity contribution in [1.29, 1.82) is 0 Å². The number of benzene rings is 4. The highest BCUT2D eigenvalue weighted by Crippen LogP contribution is 2.34. The van der Waals surface area contributed by atoms with E-state index in [0.717, 1.165) is 63.7 Å². The number of rotatable bonds is 10. The Hall–Kier alpha value is -4.77. The van der Waals surface area contributed by atoms with E-state index in [2.05, 4.69) is 61.7 Å². The number of hydrogen-bond donors (Lipinski definition) is 6. The molecule has 1 saturated heterocycles. The van der Waals surface area contributed by atoms with Crippen molar-refractivity contribution in [2.45, 2.75) is 19.0 Å². The maximum absolute atomic E-state index is 12.8. The Morgan fingerprint density at radius 1 is 0.548 bits per heavy atom. The molecule has 5 aromatic rings. The molecule has 0 atom stereocenters. The minimum atomic E-state index is -4.35. The first-order valence-corrected chi connectivity index (χ1v) is 14.4. The molecule has 7 nitrogen and oxygen atoms in total. The van der Waals surface area contributed by atoms with Crippen molar-refractivity contribution < 1.29 is 13.2 Å². The Bertz CT molecular complexity index is 1630. The molecule has 42 heavy (non-hydrogen) atoms. The van der Waals surface area contributed by atoms with Crippen LogP contribution in [0.3, 0.4) is 0 Å². The summed E-state index contributed by atoms with van der Waals surface area (Å²) >= 11 is 1.75. The van der Waals surface area contributed by atoms with E-state index in [1.165, 1.54) is 30.0 Å². The normalized spacial score (nSPS) is 13.2. The van der Waals surface area contributed by atoms with Crippen LogP contribution in [0.25, 0.3) is 10.8 Å². The van der Waals surface area contributed by atoms with E-state index in [9.17, 15) is 13.2 Å². The molecule has 0 amide bonds. The Labute approximate surface area is 245 Å². The lowest BCUT2D eigenvalue weighted by molar-refractivity contribution is -0.137. The van der Waals surface area contributed by atoms with Crippen LogP contribution in [0.2, 0.25) is 0 Å². The minimum Gasteiger partial charge on any atom is -0.363 e. The van der Waals surface area contributed by atoms with Crippen molar-refractivity contribution in [2.75, 3.05) is 50.5 Å². The molecule has 0 bridgehead atoms. The van der Waals surface area contributed by atoms with Gasteiger partial charge in [0, 0.05) is 23.9 Å². The molecule has 0 spiro atoms. The minimum absolute atomic E-state index is 0.522. The number of nitrogens with one attached hydrogen (secondary N) is 6. The van der Waals surface area contributed by atoms with Gasteiger partial charge in [0.2, 0.25) is 0 Å². The van der Waals surface area contributed by atoms with Crippen molar-refractivity contribution in [1.82, 2.24) is 0 Å². The molecule has 216 valence electrons. The number of hydrogen-bond acceptors (Lipinski definition) is 8. The lowest BCUT2D eigenvalue weighted by Gasteiger charge is -2.17. The van der Waals surface area contributed by atoms with Crippen LogP contribution in [0.15, 0.2) is 97.1 Å². The molecule has 1 fully saturated rings. The molecular formula is C31H30F3N7S. The molecule has 2 heterocycles. The van der Waals surface area contributed by atoms with Crippen LogP contribution in [0.4, 0.5) is 51.6 Å². The predicted molar refractivity (Wildman–Crippen MR) is 169 cm³/mol. The maximum atomic E-state index is 12.8. The van der Waals surface area contributed by atoms with Gasteiger partial charge in [-0.15, -0.1) is 0 Å². The lowest BCUT2D eigenvalue weighted by Crippen LogP contribution is -2.15. The third-order valence-electron chi connectivity index (χ3n) is 7.04. The summed E-state index contributed by atoms with van der Waals surface area (Å²) in [6.45, 7) is 2.26. The Morgan fingerprint density at radius 3 is 1.60 bits per heavy atom. The van der Waals surface area contributed by atoms with E-state index >= 15 is 0 Å².